The van der Waals surface area contributed by atoms with Gasteiger partial charge < -0.3 is 14.6 Å². The van der Waals surface area contributed by atoms with E-state index in [1.807, 2.05) is 29.6 Å². The first-order valence-electron chi connectivity index (χ1n) is 8.44. The number of nitrogens with one attached hydrogen (secondary N) is 1. The van der Waals surface area contributed by atoms with Crippen molar-refractivity contribution in [2.45, 2.75) is 0 Å². The Kier molecular flexibility index (Phi) is 5.02. The topological polar surface area (TPSA) is 62.6 Å². The van der Waals surface area contributed by atoms with E-state index in [4.69, 9.17) is 4.42 Å². The lowest BCUT2D eigenvalue weighted by Crippen LogP contribution is -2.28. The molecule has 0 saturated carbocycles. The molecule has 0 bridgehead atoms. The number of amides is 2. The molecule has 2 aromatic carbocycles. The van der Waals surface area contributed by atoms with Crippen molar-refractivity contribution in [2.75, 3.05) is 17.3 Å². The second-order valence-corrected chi connectivity index (χ2v) is 7.84. The highest BCUT2D eigenvalue weighted by Gasteiger charge is 2.22. The van der Waals surface area contributed by atoms with Crippen LogP contribution in [0.4, 0.5) is 11.4 Å². The Bertz CT molecular complexity index is 1180. The van der Waals surface area contributed by atoms with Crippen LogP contribution in [0.1, 0.15) is 20.9 Å². The highest BCUT2D eigenvalue weighted by atomic mass is 79.9. The summed E-state index contributed by atoms with van der Waals surface area (Å²) in [7, 11) is 1.61. The molecule has 5 nitrogen and oxygen atoms in total. The summed E-state index contributed by atoms with van der Waals surface area (Å²) in [4.78, 5) is 27.0. The zero-order valence-corrected chi connectivity index (χ0v) is 17.2. The van der Waals surface area contributed by atoms with Crippen molar-refractivity contribution in [3.63, 3.8) is 0 Å². The molecule has 4 rings (SSSR count). The van der Waals surface area contributed by atoms with Crippen molar-refractivity contribution < 1.29 is 14.0 Å². The zero-order valence-electron chi connectivity index (χ0n) is 14.8. The van der Waals surface area contributed by atoms with Crippen LogP contribution in [0.15, 0.2) is 75.1 Å². The number of rotatable bonds is 4. The SMILES string of the molecule is CN(C(=O)c1ccc(Br)o1)c1ccccc1C(=O)Nc1ccc2sccc2c1. The van der Waals surface area contributed by atoms with Crippen molar-refractivity contribution in [1.82, 2.24) is 0 Å². The first-order chi connectivity index (χ1) is 13.5. The maximum Gasteiger partial charge on any atom is 0.293 e. The number of hydrogen-bond acceptors (Lipinski definition) is 4. The van der Waals surface area contributed by atoms with Gasteiger partial charge in [0.05, 0.1) is 11.3 Å². The van der Waals surface area contributed by atoms with E-state index >= 15 is 0 Å². The number of carbonyl (C=O) groups is 2. The number of benzene rings is 2. The molecule has 2 heterocycles. The molecule has 2 amide bonds. The van der Waals surface area contributed by atoms with Gasteiger partial charge in [0.2, 0.25) is 0 Å². The molecule has 0 atom stereocenters. The molecule has 0 saturated heterocycles. The molecule has 0 unspecified atom stereocenters. The summed E-state index contributed by atoms with van der Waals surface area (Å²) in [5.74, 6) is -0.441. The van der Waals surface area contributed by atoms with Gasteiger partial charge in [-0.2, -0.15) is 0 Å². The third-order valence-electron chi connectivity index (χ3n) is 4.31. The van der Waals surface area contributed by atoms with E-state index in [1.54, 1.807) is 54.8 Å². The summed E-state index contributed by atoms with van der Waals surface area (Å²) >= 11 is 4.85. The van der Waals surface area contributed by atoms with Crippen LogP contribution in [0.2, 0.25) is 0 Å². The fourth-order valence-electron chi connectivity index (χ4n) is 2.90. The van der Waals surface area contributed by atoms with Crippen LogP contribution >= 0.6 is 27.3 Å². The van der Waals surface area contributed by atoms with Gasteiger partial charge in [0.15, 0.2) is 10.4 Å². The fourth-order valence-corrected chi connectivity index (χ4v) is 3.98. The molecule has 2 aromatic heterocycles. The van der Waals surface area contributed by atoms with Crippen molar-refractivity contribution in [2.24, 2.45) is 0 Å². The summed E-state index contributed by atoms with van der Waals surface area (Å²) in [6.07, 6.45) is 0. The lowest BCUT2D eigenvalue weighted by molar-refractivity contribution is 0.0965. The summed E-state index contributed by atoms with van der Waals surface area (Å²) < 4.78 is 6.97. The average Bonchev–Trinajstić information content (AvgIpc) is 3.35. The normalized spacial score (nSPS) is 10.8. The van der Waals surface area contributed by atoms with Crippen LogP contribution in [0.3, 0.4) is 0 Å². The quantitative estimate of drug-likeness (QED) is 0.424. The van der Waals surface area contributed by atoms with Crippen molar-refractivity contribution in [3.8, 4) is 0 Å². The molecule has 0 aliphatic carbocycles. The van der Waals surface area contributed by atoms with Gasteiger partial charge >= 0.3 is 0 Å². The smallest absolute Gasteiger partial charge is 0.293 e. The van der Waals surface area contributed by atoms with Crippen LogP contribution in [-0.2, 0) is 0 Å². The van der Waals surface area contributed by atoms with Crippen molar-refractivity contribution in [1.29, 1.82) is 0 Å². The van der Waals surface area contributed by atoms with Gasteiger partial charge in [0, 0.05) is 17.4 Å². The predicted octanol–water partition coefficient (Wildman–Crippen LogP) is 5.79. The summed E-state index contributed by atoms with van der Waals surface area (Å²) in [5, 5.41) is 6.00. The number of para-hydroxylation sites is 1. The van der Waals surface area contributed by atoms with Gasteiger partial charge in [-0.15, -0.1) is 11.3 Å². The van der Waals surface area contributed by atoms with E-state index < -0.39 is 0 Å². The number of thiophene rings is 1. The van der Waals surface area contributed by atoms with Gasteiger partial charge in [0.25, 0.3) is 11.8 Å². The predicted molar refractivity (Wildman–Crippen MR) is 115 cm³/mol. The molecule has 140 valence electrons. The number of carbonyl (C=O) groups excluding carboxylic acids is 2. The molecule has 0 fully saturated rings. The minimum atomic E-state index is -0.342. The maximum absolute atomic E-state index is 12.9. The second-order valence-electron chi connectivity index (χ2n) is 6.11. The van der Waals surface area contributed by atoms with Crippen molar-refractivity contribution in [3.05, 3.63) is 82.0 Å². The molecular weight excluding hydrogens is 440 g/mol. The van der Waals surface area contributed by atoms with Crippen molar-refractivity contribution >= 4 is 60.5 Å². The third-order valence-corrected chi connectivity index (χ3v) is 5.63. The Morgan fingerprint density at radius 3 is 2.68 bits per heavy atom. The first-order valence-corrected chi connectivity index (χ1v) is 10.1. The lowest BCUT2D eigenvalue weighted by atomic mass is 10.1. The highest BCUT2D eigenvalue weighted by molar-refractivity contribution is 9.10. The molecule has 0 spiro atoms. The number of fused-ring (bicyclic) bond motifs is 1. The van der Waals surface area contributed by atoms with E-state index in [0.717, 1.165) is 10.1 Å². The van der Waals surface area contributed by atoms with E-state index in [-0.39, 0.29) is 17.6 Å². The van der Waals surface area contributed by atoms with Gasteiger partial charge in [-0.1, -0.05) is 12.1 Å². The molecule has 0 aliphatic rings. The Balaban J connectivity index is 1.61. The molecule has 0 aliphatic heterocycles. The summed E-state index contributed by atoms with van der Waals surface area (Å²) in [6, 6.07) is 18.0. The minimum absolute atomic E-state index is 0.187. The third kappa shape index (κ3) is 3.58. The lowest BCUT2D eigenvalue weighted by Gasteiger charge is -2.19. The fraction of sp³-hybridized carbons (Fsp3) is 0.0476. The largest absolute Gasteiger partial charge is 0.444 e. The molecule has 28 heavy (non-hydrogen) atoms. The van der Waals surface area contributed by atoms with Gasteiger partial charge in [-0.3, -0.25) is 9.59 Å². The molecule has 7 heteroatoms. The number of halogens is 1. The number of anilines is 2. The second kappa shape index (κ2) is 7.61. The van der Waals surface area contributed by atoms with Gasteiger partial charge in [-0.25, -0.2) is 0 Å². The Morgan fingerprint density at radius 2 is 1.89 bits per heavy atom. The van der Waals surface area contributed by atoms with Crippen LogP contribution in [0, 0.1) is 0 Å². The summed E-state index contributed by atoms with van der Waals surface area (Å²) in [5.41, 5.74) is 1.60. The monoisotopic (exact) mass is 454 g/mol. The Labute approximate surface area is 173 Å². The van der Waals surface area contributed by atoms with E-state index in [0.29, 0.717) is 21.6 Å². The van der Waals surface area contributed by atoms with Crippen LogP contribution < -0.4 is 10.2 Å². The van der Waals surface area contributed by atoms with Gasteiger partial charge in [0.1, 0.15) is 0 Å². The number of hydrogen-bond donors (Lipinski definition) is 1. The highest BCUT2D eigenvalue weighted by Crippen LogP contribution is 2.26. The summed E-state index contributed by atoms with van der Waals surface area (Å²) in [6.45, 7) is 0. The van der Waals surface area contributed by atoms with E-state index in [1.165, 1.54) is 4.90 Å². The molecule has 4 aromatic rings. The van der Waals surface area contributed by atoms with Gasteiger partial charge in [-0.05, 0) is 75.2 Å². The van der Waals surface area contributed by atoms with Crippen LogP contribution in [0.5, 0.6) is 0 Å². The molecule has 0 radical (unpaired) electrons. The first kappa shape index (κ1) is 18.5. The van der Waals surface area contributed by atoms with Crippen LogP contribution in [-0.4, -0.2) is 18.9 Å². The van der Waals surface area contributed by atoms with E-state index in [9.17, 15) is 9.59 Å². The Hall–Kier alpha value is -2.90. The number of nitrogens with zero attached hydrogens (tertiary/aromatic N) is 1. The minimum Gasteiger partial charge on any atom is -0.444 e. The van der Waals surface area contributed by atoms with Crippen LogP contribution in [0.25, 0.3) is 10.1 Å². The number of furan rings is 1. The molecular formula is C21H15BrN2O3S. The standard InChI is InChI=1S/C21H15BrN2O3S/c1-24(21(26)17-7-9-19(22)27-17)16-5-3-2-4-15(16)20(25)23-14-6-8-18-13(12-14)10-11-28-18/h2-12H,1H3,(H,23,25). The zero-order chi connectivity index (χ0) is 19.7. The maximum atomic E-state index is 12.9. The van der Waals surface area contributed by atoms with E-state index in [2.05, 4.69) is 21.2 Å². The molecule has 1 N–H and O–H groups in total. The average molecular weight is 455 g/mol. The Morgan fingerprint density at radius 1 is 1.07 bits per heavy atom.